The molecule has 2 aliphatic carbocycles. The number of rotatable bonds is 0. The number of hydrogen-bond acceptors (Lipinski definition) is 5. The van der Waals surface area contributed by atoms with Crippen LogP contribution in [0.3, 0.4) is 0 Å². The summed E-state index contributed by atoms with van der Waals surface area (Å²) in [7, 11) is 0. The number of cyclic esters (lactones) is 1. The fourth-order valence-electron chi connectivity index (χ4n) is 5.04. The standard InChI is InChI=1S/C14H14O5/c1-12-6-17-11(16)14(12)9(19-14)4-13-5-10(15)18-8(13)3-2-7(12)13/h2,8-9H,3-6H2,1H3/t8-,9+,12+,13+,14-/m1/s1. The van der Waals surface area contributed by atoms with Crippen LogP contribution in [-0.4, -0.2) is 36.4 Å². The highest BCUT2D eigenvalue weighted by atomic mass is 16.7. The van der Waals surface area contributed by atoms with Gasteiger partial charge >= 0.3 is 11.9 Å². The van der Waals surface area contributed by atoms with Crippen molar-refractivity contribution in [1.29, 1.82) is 0 Å². The van der Waals surface area contributed by atoms with E-state index < -0.39 is 11.0 Å². The maximum atomic E-state index is 12.0. The van der Waals surface area contributed by atoms with E-state index in [9.17, 15) is 9.59 Å². The number of esters is 2. The molecule has 0 amide bonds. The number of fused-ring (bicyclic) bond motifs is 1. The Bertz CT molecular complexity index is 580. The highest BCUT2D eigenvalue weighted by Gasteiger charge is 2.84. The fourth-order valence-corrected chi connectivity index (χ4v) is 5.04. The quantitative estimate of drug-likeness (QED) is 0.366. The highest BCUT2D eigenvalue weighted by molar-refractivity contribution is 5.89. The number of carbonyl (C=O) groups excluding carboxylic acids is 2. The maximum absolute atomic E-state index is 12.0. The molecule has 5 nitrogen and oxygen atoms in total. The summed E-state index contributed by atoms with van der Waals surface area (Å²) >= 11 is 0. The van der Waals surface area contributed by atoms with Crippen molar-refractivity contribution in [2.24, 2.45) is 10.8 Å². The zero-order chi connectivity index (χ0) is 13.0. The van der Waals surface area contributed by atoms with Crippen LogP contribution < -0.4 is 0 Å². The molecule has 5 rings (SSSR count). The Morgan fingerprint density at radius 3 is 3.00 bits per heavy atom. The van der Waals surface area contributed by atoms with Crippen LogP contribution in [-0.2, 0) is 23.8 Å². The van der Waals surface area contributed by atoms with Gasteiger partial charge in [-0.3, -0.25) is 4.79 Å². The first-order valence-electron chi connectivity index (χ1n) is 6.79. The van der Waals surface area contributed by atoms with Crippen molar-refractivity contribution >= 4 is 11.9 Å². The van der Waals surface area contributed by atoms with Gasteiger partial charge in [0.2, 0.25) is 5.60 Å². The number of hydrogen-bond donors (Lipinski definition) is 0. The van der Waals surface area contributed by atoms with Gasteiger partial charge in [-0.1, -0.05) is 11.6 Å². The summed E-state index contributed by atoms with van der Waals surface area (Å²) in [6, 6.07) is 0. The minimum atomic E-state index is -0.773. The van der Waals surface area contributed by atoms with Crippen LogP contribution in [0, 0.1) is 10.8 Å². The Morgan fingerprint density at radius 2 is 2.16 bits per heavy atom. The first-order chi connectivity index (χ1) is 9.03. The second-order valence-electron chi connectivity index (χ2n) is 6.62. The second-order valence-corrected chi connectivity index (χ2v) is 6.62. The van der Waals surface area contributed by atoms with E-state index in [1.807, 2.05) is 6.92 Å². The molecule has 3 saturated heterocycles. The molecule has 0 unspecified atom stereocenters. The van der Waals surface area contributed by atoms with Crippen LogP contribution in [0.1, 0.15) is 26.2 Å². The zero-order valence-corrected chi connectivity index (χ0v) is 10.6. The molecule has 4 fully saturated rings. The molecule has 19 heavy (non-hydrogen) atoms. The van der Waals surface area contributed by atoms with E-state index in [-0.39, 0.29) is 29.6 Å². The molecule has 0 radical (unpaired) electrons. The molecule has 5 aliphatic rings. The first-order valence-corrected chi connectivity index (χ1v) is 6.79. The third kappa shape index (κ3) is 0.828. The van der Waals surface area contributed by atoms with Gasteiger partial charge in [-0.25, -0.2) is 4.79 Å². The van der Waals surface area contributed by atoms with Crippen LogP contribution in [0.25, 0.3) is 0 Å². The average molecular weight is 262 g/mol. The summed E-state index contributed by atoms with van der Waals surface area (Å²) in [5.74, 6) is -0.359. The molecule has 0 bridgehead atoms. The molecule has 0 aromatic carbocycles. The van der Waals surface area contributed by atoms with Gasteiger partial charge in [0.1, 0.15) is 18.8 Å². The third-order valence-corrected chi connectivity index (χ3v) is 5.91. The summed E-state index contributed by atoms with van der Waals surface area (Å²) in [6.45, 7) is 2.40. The van der Waals surface area contributed by atoms with Crippen LogP contribution in [0.15, 0.2) is 11.6 Å². The van der Waals surface area contributed by atoms with Gasteiger partial charge in [0.05, 0.1) is 11.8 Å². The van der Waals surface area contributed by atoms with E-state index in [0.29, 0.717) is 19.4 Å². The molecule has 100 valence electrons. The Morgan fingerprint density at radius 1 is 1.32 bits per heavy atom. The van der Waals surface area contributed by atoms with Crippen molar-refractivity contribution in [3.8, 4) is 0 Å². The molecule has 5 heteroatoms. The van der Waals surface area contributed by atoms with Crippen molar-refractivity contribution < 1.29 is 23.8 Å². The lowest BCUT2D eigenvalue weighted by Crippen LogP contribution is -2.51. The molecule has 2 spiro atoms. The smallest absolute Gasteiger partial charge is 0.342 e. The zero-order valence-electron chi connectivity index (χ0n) is 10.6. The van der Waals surface area contributed by atoms with Crippen LogP contribution >= 0.6 is 0 Å². The van der Waals surface area contributed by atoms with Gasteiger partial charge in [0.15, 0.2) is 0 Å². The van der Waals surface area contributed by atoms with Crippen LogP contribution in [0.4, 0.5) is 0 Å². The summed E-state index contributed by atoms with van der Waals surface area (Å²) < 4.78 is 16.6. The third-order valence-electron chi connectivity index (χ3n) is 5.91. The summed E-state index contributed by atoms with van der Waals surface area (Å²) in [5.41, 5.74) is -0.277. The van der Waals surface area contributed by atoms with Crippen molar-refractivity contribution in [3.05, 3.63) is 11.6 Å². The lowest BCUT2D eigenvalue weighted by atomic mass is 9.55. The molecule has 3 heterocycles. The number of carbonyl (C=O) groups is 2. The minimum absolute atomic E-state index is 0.0651. The van der Waals surface area contributed by atoms with Gasteiger partial charge in [0.25, 0.3) is 0 Å². The monoisotopic (exact) mass is 262 g/mol. The lowest BCUT2D eigenvalue weighted by Gasteiger charge is -2.42. The maximum Gasteiger partial charge on any atom is 0.342 e. The van der Waals surface area contributed by atoms with E-state index in [0.717, 1.165) is 12.0 Å². The van der Waals surface area contributed by atoms with Crippen molar-refractivity contribution in [2.75, 3.05) is 6.61 Å². The lowest BCUT2D eigenvalue weighted by molar-refractivity contribution is -0.143. The van der Waals surface area contributed by atoms with Gasteiger partial charge < -0.3 is 14.2 Å². The highest BCUT2D eigenvalue weighted by Crippen LogP contribution is 2.72. The first kappa shape index (κ1) is 10.4. The van der Waals surface area contributed by atoms with E-state index >= 15 is 0 Å². The molecule has 3 aliphatic heterocycles. The molecule has 0 aromatic heterocycles. The summed E-state index contributed by atoms with van der Waals surface area (Å²) in [5, 5.41) is 0. The van der Waals surface area contributed by atoms with E-state index in [2.05, 4.69) is 6.08 Å². The van der Waals surface area contributed by atoms with Gasteiger partial charge in [-0.2, -0.15) is 0 Å². The van der Waals surface area contributed by atoms with Crippen LogP contribution in [0.5, 0.6) is 0 Å². The molecule has 0 aromatic rings. The Kier molecular flexibility index (Phi) is 1.42. The molecule has 5 atom stereocenters. The predicted molar refractivity (Wildman–Crippen MR) is 60.9 cm³/mol. The molecular formula is C14H14O5. The fraction of sp³-hybridized carbons (Fsp3) is 0.714. The Labute approximate surface area is 109 Å². The average Bonchev–Trinajstić information content (AvgIpc) is 2.75. The predicted octanol–water partition coefficient (Wildman–Crippen LogP) is 0.723. The van der Waals surface area contributed by atoms with E-state index in [4.69, 9.17) is 14.2 Å². The Balaban J connectivity index is 1.71. The normalized spacial score (nSPS) is 56.6. The Hall–Kier alpha value is -1.36. The van der Waals surface area contributed by atoms with Crippen molar-refractivity contribution in [1.82, 2.24) is 0 Å². The van der Waals surface area contributed by atoms with Crippen molar-refractivity contribution in [3.63, 3.8) is 0 Å². The van der Waals surface area contributed by atoms with Gasteiger partial charge in [-0.15, -0.1) is 0 Å². The van der Waals surface area contributed by atoms with Gasteiger partial charge in [-0.05, 0) is 13.3 Å². The molecule has 0 N–H and O–H groups in total. The minimum Gasteiger partial charge on any atom is -0.462 e. The topological polar surface area (TPSA) is 65.1 Å². The van der Waals surface area contributed by atoms with E-state index in [1.165, 1.54) is 0 Å². The molecular weight excluding hydrogens is 248 g/mol. The number of epoxide rings is 1. The molecule has 1 saturated carbocycles. The largest absolute Gasteiger partial charge is 0.462 e. The second kappa shape index (κ2) is 2.59. The summed E-state index contributed by atoms with van der Waals surface area (Å²) in [6.07, 6.45) is 3.86. The number of ether oxygens (including phenoxy) is 3. The van der Waals surface area contributed by atoms with Crippen molar-refractivity contribution in [2.45, 2.75) is 44.0 Å². The van der Waals surface area contributed by atoms with Crippen LogP contribution in [0.2, 0.25) is 0 Å². The summed E-state index contributed by atoms with van der Waals surface area (Å²) in [4.78, 5) is 23.7. The van der Waals surface area contributed by atoms with Gasteiger partial charge in [0, 0.05) is 11.8 Å². The van der Waals surface area contributed by atoms with E-state index in [1.54, 1.807) is 0 Å². The SMILES string of the molecule is C[C@@]12COC(=O)[C@@]13O[C@H]3C[C@@]13CC(=O)O[C@@H]1CC=C32.